The van der Waals surface area contributed by atoms with Crippen molar-refractivity contribution in [3.8, 4) is 0 Å². The maximum Gasteiger partial charge on any atom is 0.351 e. The van der Waals surface area contributed by atoms with Crippen LogP contribution in [0.3, 0.4) is 0 Å². The summed E-state index contributed by atoms with van der Waals surface area (Å²) in [5.41, 5.74) is 4.88. The van der Waals surface area contributed by atoms with Crippen molar-refractivity contribution < 1.29 is 14.9 Å². The molecule has 0 aromatic carbocycles. The van der Waals surface area contributed by atoms with E-state index in [1.165, 1.54) is 28.6 Å². The molecule has 1 fully saturated rings. The van der Waals surface area contributed by atoms with Crippen LogP contribution < -0.4 is 11.4 Å². The van der Waals surface area contributed by atoms with Crippen molar-refractivity contribution in [3.05, 3.63) is 22.7 Å². The highest BCUT2D eigenvalue weighted by Crippen LogP contribution is 2.35. The van der Waals surface area contributed by atoms with Gasteiger partial charge in [0.15, 0.2) is 6.23 Å². The Labute approximate surface area is 108 Å². The standard InChI is InChI=1S/C10H15N3O4S/c1-18-8-7(15)5(4-14)17-9(8)13-3-2-6(11)12-10(13)16/h2-3,5,7-9,14-15H,4H2,1H3,(H2,11,12,16)/t5-,7-,8?,9-/m1/s1. The fourth-order valence-electron chi connectivity index (χ4n) is 1.97. The lowest BCUT2D eigenvalue weighted by Crippen LogP contribution is -2.34. The number of nitrogens with two attached hydrogens (primary N) is 1. The molecule has 2 rings (SSSR count). The Kier molecular flexibility index (Phi) is 3.91. The number of aliphatic hydroxyl groups is 2. The van der Waals surface area contributed by atoms with Gasteiger partial charge in [0, 0.05) is 6.20 Å². The molecule has 2 heterocycles. The van der Waals surface area contributed by atoms with Gasteiger partial charge in [-0.1, -0.05) is 0 Å². The number of nitrogen functional groups attached to an aromatic ring is 1. The van der Waals surface area contributed by atoms with Crippen LogP contribution in [0.5, 0.6) is 0 Å². The lowest BCUT2D eigenvalue weighted by atomic mass is 10.2. The van der Waals surface area contributed by atoms with Crippen LogP contribution in [0, 0.1) is 0 Å². The third-order valence-electron chi connectivity index (χ3n) is 2.89. The van der Waals surface area contributed by atoms with Gasteiger partial charge < -0.3 is 20.7 Å². The molecule has 4 N–H and O–H groups in total. The van der Waals surface area contributed by atoms with E-state index < -0.39 is 24.1 Å². The van der Waals surface area contributed by atoms with Gasteiger partial charge in [-0.15, -0.1) is 0 Å². The van der Waals surface area contributed by atoms with Crippen molar-refractivity contribution in [2.24, 2.45) is 0 Å². The number of thioether (sulfide) groups is 1. The molecule has 1 aromatic heterocycles. The van der Waals surface area contributed by atoms with Gasteiger partial charge in [-0.3, -0.25) is 4.57 Å². The van der Waals surface area contributed by atoms with Gasteiger partial charge in [-0.25, -0.2) is 4.79 Å². The molecular weight excluding hydrogens is 258 g/mol. The normalized spacial score (nSPS) is 31.7. The van der Waals surface area contributed by atoms with E-state index in [0.29, 0.717) is 0 Å². The number of anilines is 1. The second-order valence-electron chi connectivity index (χ2n) is 3.98. The summed E-state index contributed by atoms with van der Waals surface area (Å²) in [5.74, 6) is 0.134. The van der Waals surface area contributed by atoms with Crippen molar-refractivity contribution >= 4 is 17.6 Å². The van der Waals surface area contributed by atoms with Crippen LogP contribution in [0.25, 0.3) is 0 Å². The molecule has 0 saturated carbocycles. The number of aromatic nitrogens is 2. The molecule has 0 amide bonds. The summed E-state index contributed by atoms with van der Waals surface area (Å²) >= 11 is 1.37. The molecule has 8 heteroatoms. The molecule has 0 aliphatic carbocycles. The van der Waals surface area contributed by atoms with Crippen LogP contribution in [0.2, 0.25) is 0 Å². The van der Waals surface area contributed by atoms with E-state index in [0.717, 1.165) is 0 Å². The zero-order chi connectivity index (χ0) is 13.3. The first-order valence-electron chi connectivity index (χ1n) is 5.40. The van der Waals surface area contributed by atoms with Gasteiger partial charge in [-0.2, -0.15) is 16.7 Å². The molecule has 18 heavy (non-hydrogen) atoms. The zero-order valence-electron chi connectivity index (χ0n) is 9.76. The Bertz CT molecular complexity index is 480. The minimum Gasteiger partial charge on any atom is -0.394 e. The lowest BCUT2D eigenvalue weighted by molar-refractivity contribution is -0.0456. The van der Waals surface area contributed by atoms with Crippen molar-refractivity contribution in [2.75, 3.05) is 18.6 Å². The third kappa shape index (κ3) is 2.24. The number of hydrogen-bond donors (Lipinski definition) is 3. The third-order valence-corrected chi connectivity index (χ3v) is 3.95. The van der Waals surface area contributed by atoms with Crippen LogP contribution in [-0.2, 0) is 4.74 Å². The average Bonchev–Trinajstić information content (AvgIpc) is 2.65. The van der Waals surface area contributed by atoms with E-state index in [1.807, 2.05) is 0 Å². The quantitative estimate of drug-likeness (QED) is 0.635. The second-order valence-corrected chi connectivity index (χ2v) is 5.00. The van der Waals surface area contributed by atoms with Gasteiger partial charge in [-0.05, 0) is 12.3 Å². The molecule has 0 bridgehead atoms. The Morgan fingerprint density at radius 3 is 2.94 bits per heavy atom. The van der Waals surface area contributed by atoms with Gasteiger partial charge in [0.1, 0.15) is 11.9 Å². The summed E-state index contributed by atoms with van der Waals surface area (Å²) in [6.07, 6.45) is 1.09. The minimum absolute atomic E-state index is 0.134. The van der Waals surface area contributed by atoms with E-state index >= 15 is 0 Å². The van der Waals surface area contributed by atoms with Crippen LogP contribution >= 0.6 is 11.8 Å². The van der Waals surface area contributed by atoms with Crippen molar-refractivity contribution in [3.63, 3.8) is 0 Å². The number of hydrogen-bond acceptors (Lipinski definition) is 7. The van der Waals surface area contributed by atoms with Crippen molar-refractivity contribution in [2.45, 2.75) is 23.7 Å². The first-order valence-corrected chi connectivity index (χ1v) is 6.69. The summed E-state index contributed by atoms with van der Waals surface area (Å²) < 4.78 is 6.77. The molecule has 1 aromatic rings. The van der Waals surface area contributed by atoms with Crippen molar-refractivity contribution in [1.29, 1.82) is 0 Å². The highest BCUT2D eigenvalue weighted by Gasteiger charge is 2.44. The predicted octanol–water partition coefficient (Wildman–Crippen LogP) is -1.19. The fourth-order valence-corrected chi connectivity index (χ4v) is 2.85. The fraction of sp³-hybridized carbons (Fsp3) is 0.600. The average molecular weight is 273 g/mol. The van der Waals surface area contributed by atoms with Gasteiger partial charge in [0.25, 0.3) is 0 Å². The Balaban J connectivity index is 2.35. The van der Waals surface area contributed by atoms with Gasteiger partial charge in [0.2, 0.25) is 0 Å². The Morgan fingerprint density at radius 1 is 1.67 bits per heavy atom. The van der Waals surface area contributed by atoms with Gasteiger partial charge in [0.05, 0.1) is 18.0 Å². The summed E-state index contributed by atoms with van der Waals surface area (Å²) in [4.78, 5) is 15.3. The van der Waals surface area contributed by atoms with Crippen LogP contribution in [0.4, 0.5) is 5.82 Å². The summed E-state index contributed by atoms with van der Waals surface area (Å²) in [7, 11) is 0. The molecular formula is C10H15N3O4S. The second kappa shape index (κ2) is 5.27. The highest BCUT2D eigenvalue weighted by molar-refractivity contribution is 7.99. The maximum atomic E-state index is 11.7. The van der Waals surface area contributed by atoms with Crippen LogP contribution in [0.15, 0.2) is 17.1 Å². The van der Waals surface area contributed by atoms with Crippen molar-refractivity contribution in [1.82, 2.24) is 9.55 Å². The maximum absolute atomic E-state index is 11.7. The van der Waals surface area contributed by atoms with E-state index in [1.54, 1.807) is 6.26 Å². The Morgan fingerprint density at radius 2 is 2.39 bits per heavy atom. The van der Waals surface area contributed by atoms with Gasteiger partial charge >= 0.3 is 5.69 Å². The van der Waals surface area contributed by atoms with E-state index in [-0.39, 0.29) is 17.7 Å². The SMILES string of the molecule is CSC1[C@H](n2ccc(N)nc2=O)O[C@H](CO)[C@H]1O. The van der Waals surface area contributed by atoms with Crippen LogP contribution in [-0.4, -0.2) is 50.1 Å². The smallest absolute Gasteiger partial charge is 0.351 e. The first kappa shape index (κ1) is 13.3. The molecule has 1 aliphatic rings. The molecule has 0 radical (unpaired) electrons. The highest BCUT2D eigenvalue weighted by atomic mass is 32.2. The van der Waals surface area contributed by atoms with E-state index in [2.05, 4.69) is 4.98 Å². The number of nitrogens with zero attached hydrogens (tertiary/aromatic N) is 2. The molecule has 7 nitrogen and oxygen atoms in total. The van der Waals surface area contributed by atoms with E-state index in [4.69, 9.17) is 15.6 Å². The van der Waals surface area contributed by atoms with Crippen LogP contribution in [0.1, 0.15) is 6.23 Å². The number of ether oxygens (including phenoxy) is 1. The lowest BCUT2D eigenvalue weighted by Gasteiger charge is -2.19. The molecule has 4 atom stereocenters. The summed E-state index contributed by atoms with van der Waals surface area (Å²) in [6.45, 7) is -0.300. The number of aliphatic hydroxyl groups excluding tert-OH is 2. The number of rotatable bonds is 3. The Hall–Kier alpha value is -1.09. The predicted molar refractivity (Wildman–Crippen MR) is 67.2 cm³/mol. The molecule has 1 aliphatic heterocycles. The zero-order valence-corrected chi connectivity index (χ0v) is 10.6. The summed E-state index contributed by atoms with van der Waals surface area (Å²) in [6, 6.07) is 1.49. The molecule has 0 spiro atoms. The largest absolute Gasteiger partial charge is 0.394 e. The molecule has 1 saturated heterocycles. The molecule has 100 valence electrons. The topological polar surface area (TPSA) is 111 Å². The monoisotopic (exact) mass is 273 g/mol. The minimum atomic E-state index is -0.834. The summed E-state index contributed by atoms with van der Waals surface area (Å²) in [5, 5.41) is 18.7. The molecule has 1 unspecified atom stereocenters. The first-order chi connectivity index (χ1) is 8.58. The van der Waals surface area contributed by atoms with E-state index in [9.17, 15) is 9.90 Å².